The van der Waals surface area contributed by atoms with Crippen molar-refractivity contribution in [1.82, 2.24) is 10.2 Å². The van der Waals surface area contributed by atoms with Crippen LogP contribution in [0, 0.1) is 0 Å². The lowest BCUT2D eigenvalue weighted by molar-refractivity contribution is -0.124. The van der Waals surface area contributed by atoms with E-state index >= 15 is 0 Å². The maximum absolute atomic E-state index is 12.2. The lowest BCUT2D eigenvalue weighted by Crippen LogP contribution is -2.59. The Balaban J connectivity index is 1.99. The normalized spacial score (nSPS) is 23.5. The molecule has 2 fully saturated rings. The van der Waals surface area contributed by atoms with Gasteiger partial charge in [0.1, 0.15) is 0 Å². The zero-order valence-electron chi connectivity index (χ0n) is 11.0. The number of urea groups is 1. The number of nitrogens with zero attached hydrogens (tertiary/aromatic N) is 1. The van der Waals surface area contributed by atoms with Crippen molar-refractivity contribution < 1.29 is 14.3 Å². The second-order valence-corrected chi connectivity index (χ2v) is 5.23. The Labute approximate surface area is 108 Å². The molecule has 5 nitrogen and oxygen atoms in total. The van der Waals surface area contributed by atoms with Crippen LogP contribution in [0.1, 0.15) is 39.0 Å². The minimum Gasteiger partial charge on any atom is -0.378 e. The lowest BCUT2D eigenvalue weighted by atomic mass is 9.79. The largest absolute Gasteiger partial charge is 0.378 e. The standard InChI is InChI=1S/C13H22N2O3/c1-11(16)13(5-3-2-4-6-13)14-12(17)15-7-9-18-10-8-15/h2-10H2,1H3,(H,14,17). The number of rotatable bonds is 2. The first-order chi connectivity index (χ1) is 8.64. The van der Waals surface area contributed by atoms with E-state index in [-0.39, 0.29) is 11.8 Å². The van der Waals surface area contributed by atoms with Crippen LogP contribution in [0.5, 0.6) is 0 Å². The Morgan fingerprint density at radius 3 is 2.28 bits per heavy atom. The molecule has 5 heteroatoms. The van der Waals surface area contributed by atoms with Crippen LogP contribution >= 0.6 is 0 Å². The molecule has 0 spiro atoms. The second kappa shape index (κ2) is 5.69. The molecule has 1 heterocycles. The number of Topliss-reactive ketones (excluding diaryl/α,β-unsaturated/α-hetero) is 1. The van der Waals surface area contributed by atoms with E-state index in [4.69, 9.17) is 4.74 Å². The maximum Gasteiger partial charge on any atom is 0.318 e. The van der Waals surface area contributed by atoms with Crippen LogP contribution in [-0.4, -0.2) is 48.6 Å². The maximum atomic E-state index is 12.2. The van der Waals surface area contributed by atoms with Crippen LogP contribution in [0.3, 0.4) is 0 Å². The van der Waals surface area contributed by atoms with E-state index in [1.165, 1.54) is 0 Å². The van der Waals surface area contributed by atoms with E-state index < -0.39 is 5.54 Å². The van der Waals surface area contributed by atoms with Crippen molar-refractivity contribution in [2.75, 3.05) is 26.3 Å². The number of morpholine rings is 1. The Morgan fingerprint density at radius 2 is 1.72 bits per heavy atom. The van der Waals surface area contributed by atoms with Gasteiger partial charge in [-0.3, -0.25) is 4.79 Å². The summed E-state index contributed by atoms with van der Waals surface area (Å²) in [5, 5.41) is 2.98. The van der Waals surface area contributed by atoms with Crippen LogP contribution < -0.4 is 5.32 Å². The van der Waals surface area contributed by atoms with E-state index in [0.717, 1.165) is 32.1 Å². The number of nitrogens with one attached hydrogen (secondary N) is 1. The zero-order chi connectivity index (χ0) is 13.0. The van der Waals surface area contributed by atoms with Crippen LogP contribution in [0.2, 0.25) is 0 Å². The molecule has 0 unspecified atom stereocenters. The molecular weight excluding hydrogens is 232 g/mol. The van der Waals surface area contributed by atoms with Gasteiger partial charge in [-0.1, -0.05) is 19.3 Å². The molecule has 102 valence electrons. The molecule has 2 aliphatic rings. The molecule has 1 N–H and O–H groups in total. The van der Waals surface area contributed by atoms with Crippen molar-refractivity contribution in [3.05, 3.63) is 0 Å². The monoisotopic (exact) mass is 254 g/mol. The van der Waals surface area contributed by atoms with Gasteiger partial charge >= 0.3 is 6.03 Å². The number of carbonyl (C=O) groups is 2. The van der Waals surface area contributed by atoms with Crippen molar-refractivity contribution in [3.63, 3.8) is 0 Å². The van der Waals surface area contributed by atoms with Crippen molar-refractivity contribution in [2.45, 2.75) is 44.6 Å². The number of amides is 2. The summed E-state index contributed by atoms with van der Waals surface area (Å²) >= 11 is 0. The van der Waals surface area contributed by atoms with Gasteiger partial charge < -0.3 is 15.0 Å². The van der Waals surface area contributed by atoms with Gasteiger partial charge in [-0.25, -0.2) is 4.79 Å². The molecular formula is C13H22N2O3. The van der Waals surface area contributed by atoms with Crippen LogP contribution in [0.25, 0.3) is 0 Å². The molecule has 0 radical (unpaired) electrons. The molecule has 0 atom stereocenters. The molecule has 1 saturated carbocycles. The third-order valence-corrected chi connectivity index (χ3v) is 4.03. The average Bonchev–Trinajstić information content (AvgIpc) is 2.40. The summed E-state index contributed by atoms with van der Waals surface area (Å²) in [4.78, 5) is 25.8. The predicted molar refractivity (Wildman–Crippen MR) is 67.4 cm³/mol. The fraction of sp³-hybridized carbons (Fsp3) is 0.846. The highest BCUT2D eigenvalue weighted by Gasteiger charge is 2.39. The first-order valence-electron chi connectivity index (χ1n) is 6.80. The van der Waals surface area contributed by atoms with Crippen LogP contribution in [0.4, 0.5) is 4.79 Å². The molecule has 1 aliphatic heterocycles. The highest BCUT2D eigenvalue weighted by atomic mass is 16.5. The van der Waals surface area contributed by atoms with E-state index in [1.54, 1.807) is 11.8 Å². The summed E-state index contributed by atoms with van der Waals surface area (Å²) < 4.78 is 5.22. The third kappa shape index (κ3) is 2.83. The average molecular weight is 254 g/mol. The highest BCUT2D eigenvalue weighted by molar-refractivity contribution is 5.91. The Kier molecular flexibility index (Phi) is 4.22. The smallest absolute Gasteiger partial charge is 0.318 e. The van der Waals surface area contributed by atoms with Gasteiger partial charge in [0.2, 0.25) is 0 Å². The molecule has 2 rings (SSSR count). The summed E-state index contributed by atoms with van der Waals surface area (Å²) in [6.45, 7) is 3.98. The fourth-order valence-corrected chi connectivity index (χ4v) is 2.77. The van der Waals surface area contributed by atoms with Crippen LogP contribution in [-0.2, 0) is 9.53 Å². The van der Waals surface area contributed by atoms with Gasteiger partial charge in [-0.05, 0) is 19.8 Å². The molecule has 1 aliphatic carbocycles. The molecule has 0 aromatic carbocycles. The van der Waals surface area contributed by atoms with Crippen molar-refractivity contribution in [1.29, 1.82) is 0 Å². The van der Waals surface area contributed by atoms with Gasteiger partial charge in [-0.15, -0.1) is 0 Å². The van der Waals surface area contributed by atoms with E-state index in [1.807, 2.05) is 0 Å². The number of hydrogen-bond donors (Lipinski definition) is 1. The van der Waals surface area contributed by atoms with Crippen LogP contribution in [0.15, 0.2) is 0 Å². The summed E-state index contributed by atoms with van der Waals surface area (Å²) in [6, 6.07) is -0.115. The molecule has 1 saturated heterocycles. The summed E-state index contributed by atoms with van der Waals surface area (Å²) in [7, 11) is 0. The van der Waals surface area contributed by atoms with E-state index in [0.29, 0.717) is 26.3 Å². The lowest BCUT2D eigenvalue weighted by Gasteiger charge is -2.38. The highest BCUT2D eigenvalue weighted by Crippen LogP contribution is 2.29. The second-order valence-electron chi connectivity index (χ2n) is 5.23. The van der Waals surface area contributed by atoms with Crippen molar-refractivity contribution in [2.24, 2.45) is 0 Å². The quantitative estimate of drug-likeness (QED) is 0.808. The molecule has 2 amide bonds. The van der Waals surface area contributed by atoms with E-state index in [9.17, 15) is 9.59 Å². The summed E-state index contributed by atoms with van der Waals surface area (Å²) in [5.74, 6) is 0.0869. The van der Waals surface area contributed by atoms with E-state index in [2.05, 4.69) is 5.32 Å². The first kappa shape index (κ1) is 13.3. The summed E-state index contributed by atoms with van der Waals surface area (Å²) in [5.41, 5.74) is -0.617. The zero-order valence-corrected chi connectivity index (χ0v) is 11.0. The minimum absolute atomic E-state index is 0.0869. The predicted octanol–water partition coefficient (Wildman–Crippen LogP) is 1.32. The number of ether oxygens (including phenoxy) is 1. The number of carbonyl (C=O) groups excluding carboxylic acids is 2. The minimum atomic E-state index is -0.617. The SMILES string of the molecule is CC(=O)C1(NC(=O)N2CCOCC2)CCCCC1. The van der Waals surface area contributed by atoms with Gasteiger partial charge in [-0.2, -0.15) is 0 Å². The Bertz CT molecular complexity index is 318. The van der Waals surface area contributed by atoms with Gasteiger partial charge in [0.25, 0.3) is 0 Å². The Hall–Kier alpha value is -1.10. The topological polar surface area (TPSA) is 58.6 Å². The first-order valence-corrected chi connectivity index (χ1v) is 6.80. The Morgan fingerprint density at radius 1 is 1.11 bits per heavy atom. The molecule has 0 aromatic heterocycles. The van der Waals surface area contributed by atoms with Crippen molar-refractivity contribution in [3.8, 4) is 0 Å². The molecule has 0 aromatic rings. The third-order valence-electron chi connectivity index (χ3n) is 4.03. The fourth-order valence-electron chi connectivity index (χ4n) is 2.77. The number of ketones is 1. The van der Waals surface area contributed by atoms with Gasteiger partial charge in [0, 0.05) is 13.1 Å². The number of hydrogen-bond acceptors (Lipinski definition) is 3. The van der Waals surface area contributed by atoms with Gasteiger partial charge in [0.05, 0.1) is 18.8 Å². The summed E-state index contributed by atoms with van der Waals surface area (Å²) in [6.07, 6.45) is 4.74. The van der Waals surface area contributed by atoms with Gasteiger partial charge in [0.15, 0.2) is 5.78 Å². The van der Waals surface area contributed by atoms with Crippen molar-refractivity contribution >= 4 is 11.8 Å². The molecule has 0 bridgehead atoms. The molecule has 18 heavy (non-hydrogen) atoms.